The minimum absolute atomic E-state index is 0.0634. The first-order valence-corrected chi connectivity index (χ1v) is 5.33. The summed E-state index contributed by atoms with van der Waals surface area (Å²) in [4.78, 5) is 0. The molecule has 0 aromatic heterocycles. The van der Waals surface area contributed by atoms with E-state index >= 15 is 0 Å². The highest BCUT2D eigenvalue weighted by Gasteiger charge is 2.06. The molecule has 2 aromatic carbocycles. The number of hydrogen-bond donors (Lipinski definition) is 1. The minimum atomic E-state index is 0.0634. The van der Waals surface area contributed by atoms with Gasteiger partial charge < -0.3 is 9.84 Å². The molecular formula is C12H8Cl2O2. The molecule has 0 radical (unpaired) electrons. The molecule has 2 aromatic rings. The Kier molecular flexibility index (Phi) is 3.22. The third kappa shape index (κ3) is 2.40. The second kappa shape index (κ2) is 4.64. The van der Waals surface area contributed by atoms with Gasteiger partial charge in [0.2, 0.25) is 0 Å². The maximum Gasteiger partial charge on any atom is 0.169 e. The van der Waals surface area contributed by atoms with Crippen LogP contribution in [0.4, 0.5) is 0 Å². The van der Waals surface area contributed by atoms with Gasteiger partial charge in [-0.05, 0) is 30.3 Å². The van der Waals surface area contributed by atoms with Crippen molar-refractivity contribution in [2.45, 2.75) is 0 Å². The number of hydrogen-bond acceptors (Lipinski definition) is 2. The Bertz CT molecular complexity index is 512. The zero-order valence-electron chi connectivity index (χ0n) is 8.15. The summed E-state index contributed by atoms with van der Waals surface area (Å²) >= 11 is 11.7. The lowest BCUT2D eigenvalue weighted by atomic mass is 10.3. The Balaban J connectivity index is 2.31. The van der Waals surface area contributed by atoms with Gasteiger partial charge in [0, 0.05) is 5.02 Å². The van der Waals surface area contributed by atoms with Gasteiger partial charge in [-0.25, -0.2) is 0 Å². The van der Waals surface area contributed by atoms with E-state index in [9.17, 15) is 5.11 Å². The van der Waals surface area contributed by atoms with Crippen molar-refractivity contribution in [3.63, 3.8) is 0 Å². The first kappa shape index (κ1) is 11.1. The van der Waals surface area contributed by atoms with Gasteiger partial charge in [0.1, 0.15) is 5.75 Å². The van der Waals surface area contributed by atoms with E-state index in [4.69, 9.17) is 27.9 Å². The SMILES string of the molecule is Oc1ccccc1Oc1ccc(Cl)cc1Cl. The molecule has 0 spiro atoms. The van der Waals surface area contributed by atoms with Crippen LogP contribution in [0.5, 0.6) is 17.2 Å². The third-order valence-electron chi connectivity index (χ3n) is 1.98. The van der Waals surface area contributed by atoms with Crippen LogP contribution >= 0.6 is 23.2 Å². The van der Waals surface area contributed by atoms with Gasteiger partial charge in [-0.2, -0.15) is 0 Å². The molecule has 82 valence electrons. The van der Waals surface area contributed by atoms with Crippen LogP contribution in [0.2, 0.25) is 10.0 Å². The molecule has 1 N–H and O–H groups in total. The van der Waals surface area contributed by atoms with Crippen LogP contribution in [0, 0.1) is 0 Å². The number of benzene rings is 2. The summed E-state index contributed by atoms with van der Waals surface area (Å²) in [5.74, 6) is 0.868. The number of phenolic OH excluding ortho intramolecular Hbond substituents is 1. The fourth-order valence-electron chi connectivity index (χ4n) is 1.22. The molecule has 16 heavy (non-hydrogen) atoms. The summed E-state index contributed by atoms with van der Waals surface area (Å²) in [7, 11) is 0. The highest BCUT2D eigenvalue weighted by Crippen LogP contribution is 2.35. The summed E-state index contributed by atoms with van der Waals surface area (Å²) in [5, 5.41) is 10.5. The molecule has 2 nitrogen and oxygen atoms in total. The van der Waals surface area contributed by atoms with Crippen molar-refractivity contribution in [2.24, 2.45) is 0 Å². The molecule has 0 saturated heterocycles. The minimum Gasteiger partial charge on any atom is -0.504 e. The fourth-order valence-corrected chi connectivity index (χ4v) is 1.67. The summed E-state index contributed by atoms with van der Waals surface area (Å²) in [6, 6.07) is 11.6. The predicted molar refractivity (Wildman–Crippen MR) is 64.6 cm³/mol. The molecule has 0 fully saturated rings. The third-order valence-corrected chi connectivity index (χ3v) is 2.51. The molecule has 0 saturated carbocycles. The lowest BCUT2D eigenvalue weighted by Gasteiger charge is -2.08. The van der Waals surface area contributed by atoms with Gasteiger partial charge in [0.25, 0.3) is 0 Å². The van der Waals surface area contributed by atoms with E-state index in [1.54, 1.807) is 42.5 Å². The quantitative estimate of drug-likeness (QED) is 0.856. The number of para-hydroxylation sites is 2. The van der Waals surface area contributed by atoms with Crippen LogP contribution < -0.4 is 4.74 Å². The van der Waals surface area contributed by atoms with E-state index in [-0.39, 0.29) is 5.75 Å². The molecule has 4 heteroatoms. The smallest absolute Gasteiger partial charge is 0.169 e. The van der Waals surface area contributed by atoms with Crippen molar-refractivity contribution in [3.05, 3.63) is 52.5 Å². The van der Waals surface area contributed by atoms with Gasteiger partial charge in [0.15, 0.2) is 11.5 Å². The monoisotopic (exact) mass is 254 g/mol. The van der Waals surface area contributed by atoms with Crippen LogP contribution in [-0.2, 0) is 0 Å². The maximum atomic E-state index is 9.52. The average Bonchev–Trinajstić information content (AvgIpc) is 2.25. The van der Waals surface area contributed by atoms with Gasteiger partial charge in [0.05, 0.1) is 5.02 Å². The summed E-state index contributed by atoms with van der Waals surface area (Å²) < 4.78 is 5.45. The summed E-state index contributed by atoms with van der Waals surface area (Å²) in [6.45, 7) is 0. The average molecular weight is 255 g/mol. The Labute approximate surface area is 103 Å². The van der Waals surface area contributed by atoms with Gasteiger partial charge in [-0.15, -0.1) is 0 Å². The van der Waals surface area contributed by atoms with Crippen LogP contribution in [0.25, 0.3) is 0 Å². The van der Waals surface area contributed by atoms with Gasteiger partial charge in [-0.1, -0.05) is 35.3 Å². The topological polar surface area (TPSA) is 29.5 Å². The molecule has 0 amide bonds. The van der Waals surface area contributed by atoms with E-state index in [0.29, 0.717) is 21.5 Å². The molecule has 0 bridgehead atoms. The highest BCUT2D eigenvalue weighted by molar-refractivity contribution is 6.35. The largest absolute Gasteiger partial charge is 0.504 e. The zero-order valence-corrected chi connectivity index (χ0v) is 9.66. The van der Waals surface area contributed by atoms with Crippen molar-refractivity contribution in [1.82, 2.24) is 0 Å². The van der Waals surface area contributed by atoms with Crippen molar-refractivity contribution in [3.8, 4) is 17.2 Å². The second-order valence-corrected chi connectivity index (χ2v) is 3.99. The van der Waals surface area contributed by atoms with E-state index in [1.165, 1.54) is 0 Å². The molecule has 0 unspecified atom stereocenters. The maximum absolute atomic E-state index is 9.52. The molecule has 0 aliphatic carbocycles. The Morgan fingerprint density at radius 3 is 2.38 bits per heavy atom. The lowest BCUT2D eigenvalue weighted by Crippen LogP contribution is -1.85. The summed E-state index contributed by atoms with van der Waals surface area (Å²) in [5.41, 5.74) is 0. The standard InChI is InChI=1S/C12H8Cl2O2/c13-8-5-6-11(9(14)7-8)16-12-4-2-1-3-10(12)15/h1-7,15H. The normalized spacial score (nSPS) is 10.1. The fraction of sp³-hybridized carbons (Fsp3) is 0. The van der Waals surface area contributed by atoms with E-state index in [1.807, 2.05) is 0 Å². The lowest BCUT2D eigenvalue weighted by molar-refractivity contribution is 0.411. The Morgan fingerprint density at radius 2 is 1.69 bits per heavy atom. The predicted octanol–water partition coefficient (Wildman–Crippen LogP) is 4.49. The Morgan fingerprint density at radius 1 is 0.938 bits per heavy atom. The molecule has 0 atom stereocenters. The van der Waals surface area contributed by atoms with Crippen LogP contribution in [-0.4, -0.2) is 5.11 Å². The van der Waals surface area contributed by atoms with Crippen LogP contribution in [0.15, 0.2) is 42.5 Å². The number of ether oxygens (including phenoxy) is 1. The number of halogens is 2. The van der Waals surface area contributed by atoms with Crippen LogP contribution in [0.3, 0.4) is 0 Å². The van der Waals surface area contributed by atoms with Crippen LogP contribution in [0.1, 0.15) is 0 Å². The van der Waals surface area contributed by atoms with Crippen molar-refractivity contribution >= 4 is 23.2 Å². The van der Waals surface area contributed by atoms with E-state index in [0.717, 1.165) is 0 Å². The van der Waals surface area contributed by atoms with E-state index < -0.39 is 0 Å². The number of rotatable bonds is 2. The Hall–Kier alpha value is -1.38. The molecule has 0 aliphatic rings. The second-order valence-electron chi connectivity index (χ2n) is 3.14. The van der Waals surface area contributed by atoms with Gasteiger partial charge >= 0.3 is 0 Å². The number of phenols is 1. The van der Waals surface area contributed by atoms with Crippen molar-refractivity contribution < 1.29 is 9.84 Å². The first-order chi connectivity index (χ1) is 7.66. The van der Waals surface area contributed by atoms with Crippen molar-refractivity contribution in [1.29, 1.82) is 0 Å². The summed E-state index contributed by atoms with van der Waals surface area (Å²) in [6.07, 6.45) is 0. The van der Waals surface area contributed by atoms with E-state index in [2.05, 4.69) is 0 Å². The molecule has 2 rings (SSSR count). The molecular weight excluding hydrogens is 247 g/mol. The zero-order chi connectivity index (χ0) is 11.5. The molecule has 0 aliphatic heterocycles. The first-order valence-electron chi connectivity index (χ1n) is 4.58. The highest BCUT2D eigenvalue weighted by atomic mass is 35.5. The van der Waals surface area contributed by atoms with Gasteiger partial charge in [-0.3, -0.25) is 0 Å². The molecule has 0 heterocycles. The number of aromatic hydroxyl groups is 1. The van der Waals surface area contributed by atoms with Crippen molar-refractivity contribution in [2.75, 3.05) is 0 Å².